The lowest BCUT2D eigenvalue weighted by Gasteiger charge is -2.15. The predicted octanol–water partition coefficient (Wildman–Crippen LogP) is 3.81. The fraction of sp³-hybridized carbons (Fsp3) is 0.278. The van der Waals surface area contributed by atoms with Crippen molar-refractivity contribution >= 4 is 23.2 Å². The van der Waals surface area contributed by atoms with Crippen LogP contribution in [0.25, 0.3) is 0 Å². The third-order valence-corrected chi connectivity index (χ3v) is 4.52. The number of halogens is 1. The summed E-state index contributed by atoms with van der Waals surface area (Å²) in [6.45, 7) is 0.638. The number of benzene rings is 2. The number of hydrogen-bond acceptors (Lipinski definition) is 2. The van der Waals surface area contributed by atoms with Gasteiger partial charge in [0.1, 0.15) is 5.75 Å². The number of aliphatic imine (C=N–C) groups is 1. The number of nitrogens with one attached hydrogen (secondary N) is 1. The number of ether oxygens (including phenoxy) is 1. The minimum Gasteiger partial charge on any atom is -0.497 e. The van der Waals surface area contributed by atoms with Gasteiger partial charge in [-0.3, -0.25) is 4.99 Å². The van der Waals surface area contributed by atoms with E-state index in [1.54, 1.807) is 7.11 Å². The molecule has 0 saturated heterocycles. The first-order valence-corrected chi connectivity index (χ1v) is 7.97. The highest BCUT2D eigenvalue weighted by molar-refractivity contribution is 6.31. The maximum atomic E-state index is 6.32. The first-order valence-electron chi connectivity index (χ1n) is 7.59. The molecule has 23 heavy (non-hydrogen) atoms. The molecule has 0 heterocycles. The summed E-state index contributed by atoms with van der Waals surface area (Å²) in [4.78, 5) is 4.51. The SMILES string of the molecule is COc1cccc(NC(N)=NCC2(c3ccccc3Cl)CC2)c1. The molecule has 4 nitrogen and oxygen atoms in total. The van der Waals surface area contributed by atoms with E-state index < -0.39 is 0 Å². The Morgan fingerprint density at radius 2 is 2.04 bits per heavy atom. The maximum Gasteiger partial charge on any atom is 0.193 e. The third-order valence-electron chi connectivity index (χ3n) is 4.19. The molecule has 0 spiro atoms. The second-order valence-electron chi connectivity index (χ2n) is 5.82. The molecule has 2 aromatic rings. The summed E-state index contributed by atoms with van der Waals surface area (Å²) < 4.78 is 5.20. The van der Waals surface area contributed by atoms with E-state index in [0.29, 0.717) is 12.5 Å². The van der Waals surface area contributed by atoms with Gasteiger partial charge in [-0.2, -0.15) is 0 Å². The normalized spacial score (nSPS) is 16.0. The number of anilines is 1. The lowest BCUT2D eigenvalue weighted by molar-refractivity contribution is 0.415. The van der Waals surface area contributed by atoms with Gasteiger partial charge in [0.2, 0.25) is 0 Å². The Morgan fingerprint density at radius 1 is 1.26 bits per heavy atom. The molecule has 1 aliphatic rings. The smallest absolute Gasteiger partial charge is 0.193 e. The van der Waals surface area contributed by atoms with Crippen molar-refractivity contribution in [3.63, 3.8) is 0 Å². The third kappa shape index (κ3) is 3.59. The lowest BCUT2D eigenvalue weighted by Crippen LogP contribution is -2.25. The van der Waals surface area contributed by atoms with Gasteiger partial charge in [-0.1, -0.05) is 35.9 Å². The van der Waals surface area contributed by atoms with Crippen LogP contribution in [0.5, 0.6) is 5.75 Å². The number of nitrogens with zero attached hydrogens (tertiary/aromatic N) is 1. The number of methoxy groups -OCH3 is 1. The van der Waals surface area contributed by atoms with Crippen molar-refractivity contribution in [3.05, 3.63) is 59.1 Å². The topological polar surface area (TPSA) is 59.6 Å². The Hall–Kier alpha value is -2.20. The monoisotopic (exact) mass is 329 g/mol. The summed E-state index contributed by atoms with van der Waals surface area (Å²) in [6.07, 6.45) is 2.18. The largest absolute Gasteiger partial charge is 0.497 e. The van der Waals surface area contributed by atoms with Crippen molar-refractivity contribution in [3.8, 4) is 5.75 Å². The van der Waals surface area contributed by atoms with Crippen LogP contribution in [0.2, 0.25) is 5.02 Å². The number of nitrogens with two attached hydrogens (primary N) is 1. The Morgan fingerprint density at radius 3 is 2.74 bits per heavy atom. The van der Waals surface area contributed by atoms with Crippen LogP contribution >= 0.6 is 11.6 Å². The van der Waals surface area contributed by atoms with E-state index in [9.17, 15) is 0 Å². The standard InChI is InChI=1S/C18H20ClN3O/c1-23-14-6-4-5-13(11-14)22-17(20)21-12-18(9-10-18)15-7-2-3-8-16(15)19/h2-8,11H,9-10,12H2,1H3,(H3,20,21,22). The highest BCUT2D eigenvalue weighted by Crippen LogP contribution is 2.50. The van der Waals surface area contributed by atoms with E-state index in [1.165, 1.54) is 5.56 Å². The van der Waals surface area contributed by atoms with Crippen LogP contribution in [0.4, 0.5) is 5.69 Å². The fourth-order valence-corrected chi connectivity index (χ4v) is 3.02. The van der Waals surface area contributed by atoms with Crippen LogP contribution in [0.3, 0.4) is 0 Å². The van der Waals surface area contributed by atoms with Crippen molar-refractivity contribution in [1.82, 2.24) is 0 Å². The van der Waals surface area contributed by atoms with E-state index >= 15 is 0 Å². The van der Waals surface area contributed by atoms with E-state index in [2.05, 4.69) is 16.4 Å². The first-order chi connectivity index (χ1) is 11.1. The van der Waals surface area contributed by atoms with Gasteiger partial charge in [0.05, 0.1) is 13.7 Å². The molecule has 0 bridgehead atoms. The molecule has 1 fully saturated rings. The second-order valence-corrected chi connectivity index (χ2v) is 6.23. The zero-order valence-corrected chi connectivity index (χ0v) is 13.8. The summed E-state index contributed by atoms with van der Waals surface area (Å²) in [5.41, 5.74) is 8.08. The van der Waals surface area contributed by atoms with Gasteiger partial charge in [0.15, 0.2) is 5.96 Å². The molecule has 120 valence electrons. The van der Waals surface area contributed by atoms with Gasteiger partial charge in [0, 0.05) is 22.2 Å². The summed E-state index contributed by atoms with van der Waals surface area (Å²) in [5.74, 6) is 1.18. The van der Waals surface area contributed by atoms with Crippen LogP contribution in [0.1, 0.15) is 18.4 Å². The number of rotatable bonds is 5. The first kappa shape index (κ1) is 15.7. The molecule has 0 atom stereocenters. The van der Waals surface area contributed by atoms with E-state index in [4.69, 9.17) is 22.1 Å². The molecule has 0 aliphatic heterocycles. The van der Waals surface area contributed by atoms with Crippen LogP contribution in [0.15, 0.2) is 53.5 Å². The zero-order chi connectivity index (χ0) is 16.3. The zero-order valence-electron chi connectivity index (χ0n) is 13.1. The van der Waals surface area contributed by atoms with Crippen molar-refractivity contribution in [2.75, 3.05) is 19.0 Å². The molecular formula is C18H20ClN3O. The van der Waals surface area contributed by atoms with Crippen LogP contribution in [-0.2, 0) is 5.41 Å². The highest BCUT2D eigenvalue weighted by atomic mass is 35.5. The summed E-state index contributed by atoms with van der Waals surface area (Å²) in [5, 5.41) is 3.90. The summed E-state index contributed by atoms with van der Waals surface area (Å²) in [7, 11) is 1.64. The lowest BCUT2D eigenvalue weighted by atomic mass is 9.96. The van der Waals surface area contributed by atoms with Crippen molar-refractivity contribution in [2.45, 2.75) is 18.3 Å². The molecule has 0 amide bonds. The Labute approximate surface area is 141 Å². The molecule has 0 unspecified atom stereocenters. The van der Waals surface area contributed by atoms with Crippen LogP contribution in [0, 0.1) is 0 Å². The average molecular weight is 330 g/mol. The molecule has 1 aliphatic carbocycles. The Balaban J connectivity index is 1.69. The predicted molar refractivity (Wildman–Crippen MR) is 95.5 cm³/mol. The fourth-order valence-electron chi connectivity index (χ4n) is 2.68. The number of hydrogen-bond donors (Lipinski definition) is 2. The minimum absolute atomic E-state index is 0.0407. The van der Waals surface area contributed by atoms with Gasteiger partial charge >= 0.3 is 0 Å². The Bertz CT molecular complexity index is 726. The van der Waals surface area contributed by atoms with Crippen LogP contribution in [-0.4, -0.2) is 19.6 Å². The summed E-state index contributed by atoms with van der Waals surface area (Å²) >= 11 is 6.32. The van der Waals surface area contributed by atoms with Gasteiger partial charge < -0.3 is 15.8 Å². The molecule has 3 rings (SSSR count). The molecular weight excluding hydrogens is 310 g/mol. The summed E-state index contributed by atoms with van der Waals surface area (Å²) in [6, 6.07) is 15.6. The van der Waals surface area contributed by atoms with Crippen molar-refractivity contribution < 1.29 is 4.74 Å². The van der Waals surface area contributed by atoms with Gasteiger partial charge in [-0.05, 0) is 36.6 Å². The number of guanidine groups is 1. The molecule has 2 aromatic carbocycles. The Kier molecular flexibility index (Phi) is 4.44. The molecule has 3 N–H and O–H groups in total. The average Bonchev–Trinajstić information content (AvgIpc) is 3.35. The maximum absolute atomic E-state index is 6.32. The van der Waals surface area contributed by atoms with E-state index in [-0.39, 0.29) is 5.41 Å². The van der Waals surface area contributed by atoms with Crippen molar-refractivity contribution in [2.24, 2.45) is 10.7 Å². The van der Waals surface area contributed by atoms with Crippen LogP contribution < -0.4 is 15.8 Å². The van der Waals surface area contributed by atoms with Gasteiger partial charge in [0.25, 0.3) is 0 Å². The molecule has 5 heteroatoms. The molecule has 1 saturated carbocycles. The van der Waals surface area contributed by atoms with Gasteiger partial charge in [-0.25, -0.2) is 0 Å². The van der Waals surface area contributed by atoms with E-state index in [0.717, 1.165) is 29.3 Å². The van der Waals surface area contributed by atoms with Crippen molar-refractivity contribution in [1.29, 1.82) is 0 Å². The van der Waals surface area contributed by atoms with E-state index in [1.807, 2.05) is 42.5 Å². The quantitative estimate of drug-likeness (QED) is 0.648. The second kappa shape index (κ2) is 6.50. The molecule has 0 radical (unpaired) electrons. The molecule has 0 aromatic heterocycles. The van der Waals surface area contributed by atoms with Gasteiger partial charge in [-0.15, -0.1) is 0 Å². The minimum atomic E-state index is 0.0407. The highest BCUT2D eigenvalue weighted by Gasteiger charge is 2.45.